The molecule has 0 fully saturated rings. The standard InChI is InChI=1S/C23H21N3O3S2/c1-14-10-15(2)12-17(11-14)26-22(28)21-19(8-9-30-21)25-23(26)31-13-20(27)24-16-4-6-18(29-3)7-5-16/h4-12H,13H2,1-3H3,(H,24,27). The topological polar surface area (TPSA) is 73.2 Å². The molecule has 1 N–H and O–H groups in total. The van der Waals surface area contributed by atoms with Gasteiger partial charge in [0, 0.05) is 5.69 Å². The Morgan fingerprint density at radius 3 is 2.52 bits per heavy atom. The number of aromatic nitrogens is 2. The first kappa shape index (κ1) is 21.1. The van der Waals surface area contributed by atoms with Crippen molar-refractivity contribution in [3.05, 3.63) is 75.4 Å². The predicted molar refractivity (Wildman–Crippen MR) is 127 cm³/mol. The second kappa shape index (κ2) is 8.95. The molecule has 0 atom stereocenters. The van der Waals surface area contributed by atoms with E-state index in [0.717, 1.165) is 22.6 Å². The highest BCUT2D eigenvalue weighted by atomic mass is 32.2. The first-order valence-corrected chi connectivity index (χ1v) is 11.5. The highest BCUT2D eigenvalue weighted by molar-refractivity contribution is 7.99. The van der Waals surface area contributed by atoms with Crippen LogP contribution in [-0.2, 0) is 4.79 Å². The number of fused-ring (bicyclic) bond motifs is 1. The fourth-order valence-electron chi connectivity index (χ4n) is 3.30. The van der Waals surface area contributed by atoms with Crippen LogP contribution in [0.3, 0.4) is 0 Å². The molecule has 0 saturated carbocycles. The smallest absolute Gasteiger partial charge is 0.276 e. The molecular weight excluding hydrogens is 430 g/mol. The summed E-state index contributed by atoms with van der Waals surface area (Å²) in [5.41, 5.74) is 4.07. The second-order valence-electron chi connectivity index (χ2n) is 7.08. The van der Waals surface area contributed by atoms with Gasteiger partial charge in [0.25, 0.3) is 5.56 Å². The summed E-state index contributed by atoms with van der Waals surface area (Å²) in [7, 11) is 1.59. The minimum atomic E-state index is -0.179. The van der Waals surface area contributed by atoms with Crippen molar-refractivity contribution in [3.63, 3.8) is 0 Å². The van der Waals surface area contributed by atoms with Crippen LogP contribution >= 0.6 is 23.1 Å². The van der Waals surface area contributed by atoms with Gasteiger partial charge >= 0.3 is 0 Å². The maximum Gasteiger partial charge on any atom is 0.276 e. The summed E-state index contributed by atoms with van der Waals surface area (Å²) in [5.74, 6) is 0.666. The predicted octanol–water partition coefficient (Wildman–Crippen LogP) is 4.80. The number of ether oxygens (including phenoxy) is 1. The minimum absolute atomic E-state index is 0.122. The number of rotatable bonds is 6. The van der Waals surface area contributed by atoms with Crippen LogP contribution in [0.2, 0.25) is 0 Å². The van der Waals surface area contributed by atoms with Crippen LogP contribution in [0.5, 0.6) is 5.75 Å². The number of hydrogen-bond donors (Lipinski definition) is 1. The molecule has 0 aliphatic carbocycles. The van der Waals surface area contributed by atoms with Crippen LogP contribution < -0.4 is 15.6 Å². The third kappa shape index (κ3) is 4.65. The van der Waals surface area contributed by atoms with Crippen molar-refractivity contribution in [1.29, 1.82) is 0 Å². The zero-order chi connectivity index (χ0) is 22.0. The number of thioether (sulfide) groups is 1. The third-order valence-corrected chi connectivity index (χ3v) is 6.45. The molecule has 0 bridgehead atoms. The summed E-state index contributed by atoms with van der Waals surface area (Å²) in [6, 6.07) is 14.9. The number of amides is 1. The Bertz CT molecular complexity index is 1290. The maximum absolute atomic E-state index is 13.2. The number of nitrogens with zero attached hydrogens (tertiary/aromatic N) is 2. The number of thiophene rings is 1. The molecular formula is C23H21N3O3S2. The molecule has 0 radical (unpaired) electrons. The van der Waals surface area contributed by atoms with E-state index in [2.05, 4.69) is 16.4 Å². The van der Waals surface area contributed by atoms with E-state index in [1.54, 1.807) is 35.9 Å². The van der Waals surface area contributed by atoms with E-state index in [1.807, 2.05) is 37.4 Å². The normalized spacial score (nSPS) is 10.9. The Balaban J connectivity index is 1.63. The van der Waals surface area contributed by atoms with E-state index in [-0.39, 0.29) is 17.2 Å². The first-order chi connectivity index (χ1) is 14.9. The average molecular weight is 452 g/mol. The lowest BCUT2D eigenvalue weighted by atomic mass is 10.1. The SMILES string of the molecule is COc1ccc(NC(=O)CSc2nc3ccsc3c(=O)n2-c2cc(C)cc(C)c2)cc1. The Labute approximate surface area is 187 Å². The van der Waals surface area contributed by atoms with Gasteiger partial charge in [0.1, 0.15) is 10.4 Å². The van der Waals surface area contributed by atoms with Gasteiger partial charge in [-0.1, -0.05) is 17.8 Å². The summed E-state index contributed by atoms with van der Waals surface area (Å²) in [4.78, 5) is 30.4. The van der Waals surface area contributed by atoms with Gasteiger partial charge in [-0.05, 0) is 72.8 Å². The van der Waals surface area contributed by atoms with Crippen LogP contribution in [0, 0.1) is 13.8 Å². The summed E-state index contributed by atoms with van der Waals surface area (Å²) in [5, 5.41) is 5.21. The van der Waals surface area contributed by atoms with E-state index in [9.17, 15) is 9.59 Å². The molecule has 0 aliphatic rings. The molecule has 8 heteroatoms. The molecule has 4 aromatic rings. The Hall–Kier alpha value is -3.10. The van der Waals surface area contributed by atoms with Crippen molar-refractivity contribution in [3.8, 4) is 11.4 Å². The second-order valence-corrected chi connectivity index (χ2v) is 8.94. The van der Waals surface area contributed by atoms with Crippen LogP contribution in [0.4, 0.5) is 5.69 Å². The number of benzene rings is 2. The van der Waals surface area contributed by atoms with Crippen molar-refractivity contribution in [2.75, 3.05) is 18.2 Å². The van der Waals surface area contributed by atoms with Gasteiger partial charge in [-0.3, -0.25) is 14.2 Å². The molecule has 4 rings (SSSR count). The van der Waals surface area contributed by atoms with E-state index < -0.39 is 0 Å². The molecule has 6 nitrogen and oxygen atoms in total. The van der Waals surface area contributed by atoms with E-state index in [4.69, 9.17) is 4.74 Å². The lowest BCUT2D eigenvalue weighted by molar-refractivity contribution is -0.113. The molecule has 0 saturated heterocycles. The lowest BCUT2D eigenvalue weighted by Gasteiger charge is -2.13. The molecule has 2 aromatic heterocycles. The molecule has 0 aliphatic heterocycles. The van der Waals surface area contributed by atoms with Crippen LogP contribution in [0.1, 0.15) is 11.1 Å². The Kier molecular flexibility index (Phi) is 6.11. The zero-order valence-electron chi connectivity index (χ0n) is 17.3. The van der Waals surface area contributed by atoms with Crippen LogP contribution in [0.15, 0.2) is 63.9 Å². The summed E-state index contributed by atoms with van der Waals surface area (Å²) in [6.07, 6.45) is 0. The van der Waals surface area contributed by atoms with Crippen molar-refractivity contribution in [2.24, 2.45) is 0 Å². The summed E-state index contributed by atoms with van der Waals surface area (Å²) in [6.45, 7) is 3.99. The highest BCUT2D eigenvalue weighted by Gasteiger charge is 2.16. The molecule has 1 amide bonds. The number of carbonyl (C=O) groups is 1. The van der Waals surface area contributed by atoms with Crippen molar-refractivity contribution in [2.45, 2.75) is 19.0 Å². The Morgan fingerprint density at radius 1 is 1.13 bits per heavy atom. The quantitative estimate of drug-likeness (QED) is 0.337. The minimum Gasteiger partial charge on any atom is -0.497 e. The van der Waals surface area contributed by atoms with Gasteiger partial charge in [-0.2, -0.15) is 0 Å². The number of methoxy groups -OCH3 is 1. The molecule has 2 heterocycles. The molecule has 0 unspecified atom stereocenters. The average Bonchev–Trinajstić information content (AvgIpc) is 3.21. The molecule has 158 valence electrons. The summed E-state index contributed by atoms with van der Waals surface area (Å²) >= 11 is 2.62. The number of anilines is 1. The maximum atomic E-state index is 13.2. The van der Waals surface area contributed by atoms with Crippen LogP contribution in [0.25, 0.3) is 15.9 Å². The summed E-state index contributed by atoms with van der Waals surface area (Å²) < 4.78 is 7.34. The molecule has 0 spiro atoms. The largest absolute Gasteiger partial charge is 0.497 e. The molecule has 2 aromatic carbocycles. The monoisotopic (exact) mass is 451 g/mol. The number of carbonyl (C=O) groups excluding carboxylic acids is 1. The number of aryl methyl sites for hydroxylation is 2. The lowest BCUT2D eigenvalue weighted by Crippen LogP contribution is -2.22. The number of hydrogen-bond acceptors (Lipinski definition) is 6. The van der Waals surface area contributed by atoms with Crippen molar-refractivity contribution in [1.82, 2.24) is 9.55 Å². The van der Waals surface area contributed by atoms with E-state index in [1.165, 1.54) is 23.1 Å². The van der Waals surface area contributed by atoms with Gasteiger partial charge < -0.3 is 10.1 Å². The van der Waals surface area contributed by atoms with Crippen molar-refractivity contribution >= 4 is 44.9 Å². The van der Waals surface area contributed by atoms with Gasteiger partial charge in [-0.15, -0.1) is 11.3 Å². The first-order valence-electron chi connectivity index (χ1n) is 9.60. The molecule has 31 heavy (non-hydrogen) atoms. The zero-order valence-corrected chi connectivity index (χ0v) is 19.0. The van der Waals surface area contributed by atoms with Crippen molar-refractivity contribution < 1.29 is 9.53 Å². The fourth-order valence-corrected chi connectivity index (χ4v) is 4.87. The third-order valence-electron chi connectivity index (χ3n) is 4.62. The van der Waals surface area contributed by atoms with Gasteiger partial charge in [0.2, 0.25) is 5.91 Å². The number of nitrogens with one attached hydrogen (secondary N) is 1. The van der Waals surface area contributed by atoms with E-state index in [0.29, 0.717) is 21.1 Å². The Morgan fingerprint density at radius 2 is 1.84 bits per heavy atom. The van der Waals surface area contributed by atoms with Crippen LogP contribution in [-0.4, -0.2) is 28.3 Å². The highest BCUT2D eigenvalue weighted by Crippen LogP contribution is 2.25. The fraction of sp³-hybridized carbons (Fsp3) is 0.174. The van der Waals surface area contributed by atoms with Gasteiger partial charge in [0.15, 0.2) is 5.16 Å². The van der Waals surface area contributed by atoms with E-state index >= 15 is 0 Å². The van der Waals surface area contributed by atoms with Gasteiger partial charge in [0.05, 0.1) is 24.1 Å². The van der Waals surface area contributed by atoms with Gasteiger partial charge in [-0.25, -0.2) is 4.98 Å².